The zero-order valence-corrected chi connectivity index (χ0v) is 9.96. The molecule has 0 saturated heterocycles. The lowest BCUT2D eigenvalue weighted by Crippen LogP contribution is -2.05. The number of nitrogens with one attached hydrogen (secondary N) is 1. The van der Waals surface area contributed by atoms with Crippen molar-refractivity contribution in [3.05, 3.63) is 40.4 Å². The Kier molecular flexibility index (Phi) is 3.31. The van der Waals surface area contributed by atoms with E-state index in [1.165, 1.54) is 6.33 Å². The summed E-state index contributed by atoms with van der Waals surface area (Å²) in [7, 11) is 0. The highest BCUT2D eigenvalue weighted by atomic mass is 35.5. The van der Waals surface area contributed by atoms with E-state index in [2.05, 4.69) is 15.2 Å². The highest BCUT2D eigenvalue weighted by Crippen LogP contribution is 2.28. The minimum absolute atomic E-state index is 0.222. The second-order valence-electron chi connectivity index (χ2n) is 3.21. The van der Waals surface area contributed by atoms with Crippen molar-refractivity contribution in [2.24, 2.45) is 0 Å². The second kappa shape index (κ2) is 4.72. The van der Waals surface area contributed by atoms with E-state index in [4.69, 9.17) is 27.9 Å². The van der Waals surface area contributed by atoms with Crippen molar-refractivity contribution in [2.75, 3.05) is 0 Å². The van der Waals surface area contributed by atoms with Crippen molar-refractivity contribution in [1.29, 1.82) is 0 Å². The van der Waals surface area contributed by atoms with Gasteiger partial charge in [-0.25, -0.2) is 4.98 Å². The molecule has 0 fully saturated rings. The molecular formula is C10H9Cl2N3O. The van der Waals surface area contributed by atoms with E-state index in [1.807, 2.05) is 6.92 Å². The molecule has 1 aromatic heterocycles. The molecular weight excluding hydrogens is 249 g/mol. The van der Waals surface area contributed by atoms with Gasteiger partial charge in [0.1, 0.15) is 12.1 Å². The zero-order chi connectivity index (χ0) is 11.5. The number of aromatic nitrogens is 3. The molecule has 0 bridgehead atoms. The SMILES string of the molecule is CC(Oc1ccc(Cl)c(Cl)c1)c1ncn[nH]1. The van der Waals surface area contributed by atoms with Gasteiger partial charge in [0.2, 0.25) is 0 Å². The van der Waals surface area contributed by atoms with E-state index in [-0.39, 0.29) is 6.10 Å². The second-order valence-corrected chi connectivity index (χ2v) is 4.02. The standard InChI is InChI=1S/C10H9Cl2N3O/c1-6(10-13-5-14-15-10)16-7-2-3-8(11)9(12)4-7/h2-6H,1H3,(H,13,14,15). The third kappa shape index (κ3) is 2.46. The molecule has 6 heteroatoms. The molecule has 0 aliphatic heterocycles. The molecule has 0 saturated carbocycles. The van der Waals surface area contributed by atoms with E-state index in [0.717, 1.165) is 0 Å². The number of ether oxygens (including phenoxy) is 1. The van der Waals surface area contributed by atoms with Crippen LogP contribution in [0.15, 0.2) is 24.5 Å². The van der Waals surface area contributed by atoms with Crippen LogP contribution in [0, 0.1) is 0 Å². The highest BCUT2D eigenvalue weighted by Gasteiger charge is 2.10. The Morgan fingerprint density at radius 2 is 2.12 bits per heavy atom. The number of halogens is 2. The maximum Gasteiger partial charge on any atom is 0.165 e. The summed E-state index contributed by atoms with van der Waals surface area (Å²) >= 11 is 11.7. The molecule has 0 spiro atoms. The summed E-state index contributed by atoms with van der Waals surface area (Å²) in [6.07, 6.45) is 1.21. The summed E-state index contributed by atoms with van der Waals surface area (Å²) in [5.74, 6) is 1.30. The van der Waals surface area contributed by atoms with Crippen molar-refractivity contribution < 1.29 is 4.74 Å². The maximum absolute atomic E-state index is 5.87. The molecule has 1 aromatic carbocycles. The first-order valence-corrected chi connectivity index (χ1v) is 5.39. The van der Waals surface area contributed by atoms with Crippen molar-refractivity contribution in [3.63, 3.8) is 0 Å². The Bertz CT molecular complexity index is 473. The first kappa shape index (κ1) is 11.2. The summed E-state index contributed by atoms with van der Waals surface area (Å²) in [6, 6.07) is 5.10. The van der Waals surface area contributed by atoms with Gasteiger partial charge in [0, 0.05) is 6.07 Å². The van der Waals surface area contributed by atoms with E-state index in [9.17, 15) is 0 Å². The number of aromatic amines is 1. The van der Waals surface area contributed by atoms with E-state index in [0.29, 0.717) is 21.6 Å². The number of H-pyrrole nitrogens is 1. The predicted octanol–water partition coefficient (Wildman–Crippen LogP) is 3.25. The van der Waals surface area contributed by atoms with Crippen LogP contribution in [0.1, 0.15) is 18.9 Å². The number of nitrogens with zero attached hydrogens (tertiary/aromatic N) is 2. The molecule has 1 N–H and O–H groups in total. The molecule has 84 valence electrons. The van der Waals surface area contributed by atoms with Gasteiger partial charge in [0.05, 0.1) is 10.0 Å². The first-order chi connectivity index (χ1) is 7.66. The van der Waals surface area contributed by atoms with Gasteiger partial charge >= 0.3 is 0 Å². The number of hydrogen-bond acceptors (Lipinski definition) is 3. The fourth-order valence-corrected chi connectivity index (χ4v) is 1.51. The summed E-state index contributed by atoms with van der Waals surface area (Å²) in [5.41, 5.74) is 0. The maximum atomic E-state index is 5.87. The topological polar surface area (TPSA) is 50.8 Å². The third-order valence-corrected chi connectivity index (χ3v) is 2.76. The van der Waals surface area contributed by atoms with Crippen molar-refractivity contribution in [2.45, 2.75) is 13.0 Å². The molecule has 0 aliphatic carbocycles. The van der Waals surface area contributed by atoms with Crippen LogP contribution in [0.25, 0.3) is 0 Å². The van der Waals surface area contributed by atoms with Crippen LogP contribution in [0.4, 0.5) is 0 Å². The molecule has 1 heterocycles. The normalized spacial score (nSPS) is 12.4. The lowest BCUT2D eigenvalue weighted by atomic mass is 10.3. The Labute approximate surface area is 103 Å². The average Bonchev–Trinajstić information content (AvgIpc) is 2.77. The zero-order valence-electron chi connectivity index (χ0n) is 8.45. The quantitative estimate of drug-likeness (QED) is 0.919. The van der Waals surface area contributed by atoms with Crippen molar-refractivity contribution in [3.8, 4) is 5.75 Å². The van der Waals surface area contributed by atoms with Gasteiger partial charge in [-0.05, 0) is 19.1 Å². The molecule has 0 radical (unpaired) electrons. The fourth-order valence-electron chi connectivity index (χ4n) is 1.22. The summed E-state index contributed by atoms with van der Waals surface area (Å²) < 4.78 is 5.62. The lowest BCUT2D eigenvalue weighted by Gasteiger charge is -2.12. The van der Waals surface area contributed by atoms with Crippen LogP contribution in [0.2, 0.25) is 10.0 Å². The van der Waals surface area contributed by atoms with Crippen molar-refractivity contribution in [1.82, 2.24) is 15.2 Å². The molecule has 16 heavy (non-hydrogen) atoms. The molecule has 2 aromatic rings. The van der Waals surface area contributed by atoms with Gasteiger partial charge in [0.25, 0.3) is 0 Å². The van der Waals surface area contributed by atoms with Crippen LogP contribution in [0.5, 0.6) is 5.75 Å². The average molecular weight is 258 g/mol. The predicted molar refractivity (Wildman–Crippen MR) is 61.9 cm³/mol. The van der Waals surface area contributed by atoms with Gasteiger partial charge in [0.15, 0.2) is 11.9 Å². The van der Waals surface area contributed by atoms with Crippen LogP contribution in [0.3, 0.4) is 0 Å². The highest BCUT2D eigenvalue weighted by molar-refractivity contribution is 6.42. The van der Waals surface area contributed by atoms with E-state index in [1.54, 1.807) is 18.2 Å². The Balaban J connectivity index is 2.12. The number of benzene rings is 1. The minimum Gasteiger partial charge on any atom is -0.483 e. The Morgan fingerprint density at radius 3 is 2.75 bits per heavy atom. The van der Waals surface area contributed by atoms with Crippen molar-refractivity contribution >= 4 is 23.2 Å². The molecule has 4 nitrogen and oxygen atoms in total. The number of hydrogen-bond donors (Lipinski definition) is 1. The van der Waals surface area contributed by atoms with Crippen LogP contribution in [-0.2, 0) is 0 Å². The van der Waals surface area contributed by atoms with E-state index >= 15 is 0 Å². The van der Waals surface area contributed by atoms with Gasteiger partial charge in [-0.1, -0.05) is 23.2 Å². The summed E-state index contributed by atoms with van der Waals surface area (Å²) in [5, 5.41) is 7.45. The molecule has 2 rings (SSSR count). The number of rotatable bonds is 3. The monoisotopic (exact) mass is 257 g/mol. The van der Waals surface area contributed by atoms with Gasteiger partial charge in [-0.3, -0.25) is 5.10 Å². The van der Waals surface area contributed by atoms with Crippen LogP contribution < -0.4 is 4.74 Å². The van der Waals surface area contributed by atoms with Gasteiger partial charge in [-0.15, -0.1) is 0 Å². The van der Waals surface area contributed by atoms with E-state index < -0.39 is 0 Å². The summed E-state index contributed by atoms with van der Waals surface area (Å²) in [6.45, 7) is 1.86. The molecule has 1 atom stereocenters. The van der Waals surface area contributed by atoms with Gasteiger partial charge < -0.3 is 4.74 Å². The fraction of sp³-hybridized carbons (Fsp3) is 0.200. The lowest BCUT2D eigenvalue weighted by molar-refractivity contribution is 0.217. The largest absolute Gasteiger partial charge is 0.483 e. The van der Waals surface area contributed by atoms with Gasteiger partial charge in [-0.2, -0.15) is 5.10 Å². The minimum atomic E-state index is -0.222. The molecule has 0 aliphatic rings. The molecule has 1 unspecified atom stereocenters. The third-order valence-electron chi connectivity index (χ3n) is 2.02. The van der Waals surface area contributed by atoms with Crippen LogP contribution in [-0.4, -0.2) is 15.2 Å². The Morgan fingerprint density at radius 1 is 1.31 bits per heavy atom. The first-order valence-electron chi connectivity index (χ1n) is 4.64. The smallest absolute Gasteiger partial charge is 0.165 e. The molecule has 0 amide bonds. The van der Waals surface area contributed by atoms with Crippen LogP contribution >= 0.6 is 23.2 Å². The summed E-state index contributed by atoms with van der Waals surface area (Å²) in [4.78, 5) is 4.00. The Hall–Kier alpha value is -1.26.